The van der Waals surface area contributed by atoms with Gasteiger partial charge in [0.25, 0.3) is 5.91 Å². The molecule has 1 aliphatic heterocycles. The van der Waals surface area contributed by atoms with Gasteiger partial charge in [0.05, 0.1) is 11.9 Å². The fourth-order valence-corrected chi connectivity index (χ4v) is 4.41. The van der Waals surface area contributed by atoms with Crippen LogP contribution in [0.1, 0.15) is 42.5 Å². The van der Waals surface area contributed by atoms with Gasteiger partial charge in [0.15, 0.2) is 0 Å². The lowest BCUT2D eigenvalue weighted by atomic mass is 9.94. The van der Waals surface area contributed by atoms with Gasteiger partial charge in [-0.1, -0.05) is 31.4 Å². The Balaban J connectivity index is 1.43. The van der Waals surface area contributed by atoms with Gasteiger partial charge in [-0.25, -0.2) is 0 Å². The third-order valence-electron chi connectivity index (χ3n) is 5.96. The Bertz CT molecular complexity index is 792. The average Bonchev–Trinajstić information content (AvgIpc) is 2.74. The zero-order valence-electron chi connectivity index (χ0n) is 15.8. The quantitative estimate of drug-likeness (QED) is 0.906. The van der Waals surface area contributed by atoms with Crippen LogP contribution in [0, 0.1) is 0 Å². The maximum absolute atomic E-state index is 13.0. The number of hydrogen-bond donors (Lipinski definition) is 1. The van der Waals surface area contributed by atoms with Gasteiger partial charge in [-0.15, -0.1) is 0 Å². The standard InChI is InChI=1S/C22H28N4O/c23-21-16-24-10-9-20(21)17-5-4-6-18(15-17)22(27)26-13-11-25(12-14-26)19-7-2-1-3-8-19/h4-6,9-10,15-16,19H,1-3,7-8,11-14,23H2. The van der Waals surface area contributed by atoms with Gasteiger partial charge in [0, 0.05) is 49.5 Å². The first kappa shape index (κ1) is 18.0. The van der Waals surface area contributed by atoms with Crippen LogP contribution in [0.15, 0.2) is 42.7 Å². The molecule has 27 heavy (non-hydrogen) atoms. The molecule has 5 heteroatoms. The minimum Gasteiger partial charge on any atom is -0.397 e. The minimum absolute atomic E-state index is 0.118. The predicted octanol–water partition coefficient (Wildman–Crippen LogP) is 3.42. The molecule has 2 fully saturated rings. The second-order valence-electron chi connectivity index (χ2n) is 7.66. The Morgan fingerprint density at radius 2 is 1.81 bits per heavy atom. The molecule has 2 aliphatic rings. The van der Waals surface area contributed by atoms with Gasteiger partial charge < -0.3 is 10.6 Å². The molecular formula is C22H28N4O. The summed E-state index contributed by atoms with van der Waals surface area (Å²) in [5.74, 6) is 0.118. The second-order valence-corrected chi connectivity index (χ2v) is 7.66. The number of piperazine rings is 1. The van der Waals surface area contributed by atoms with E-state index < -0.39 is 0 Å². The van der Waals surface area contributed by atoms with Gasteiger partial charge in [-0.3, -0.25) is 14.7 Å². The summed E-state index contributed by atoms with van der Waals surface area (Å²) in [6.45, 7) is 3.62. The van der Waals surface area contributed by atoms with E-state index in [9.17, 15) is 4.79 Å². The highest BCUT2D eigenvalue weighted by Gasteiger charge is 2.27. The van der Waals surface area contributed by atoms with E-state index in [1.807, 2.05) is 35.2 Å². The number of amides is 1. The first-order valence-corrected chi connectivity index (χ1v) is 10.1. The van der Waals surface area contributed by atoms with Crippen LogP contribution in [0.3, 0.4) is 0 Å². The van der Waals surface area contributed by atoms with Gasteiger partial charge in [0.2, 0.25) is 0 Å². The molecule has 4 rings (SSSR count). The Morgan fingerprint density at radius 1 is 1.04 bits per heavy atom. The topological polar surface area (TPSA) is 62.5 Å². The SMILES string of the molecule is Nc1cnccc1-c1cccc(C(=O)N2CCN(C3CCCCC3)CC2)c1. The fourth-order valence-electron chi connectivity index (χ4n) is 4.41. The molecule has 1 saturated heterocycles. The van der Waals surface area contributed by atoms with Crippen molar-refractivity contribution in [1.29, 1.82) is 0 Å². The van der Waals surface area contributed by atoms with E-state index in [-0.39, 0.29) is 5.91 Å². The predicted molar refractivity (Wildman–Crippen MR) is 108 cm³/mol. The molecule has 1 aliphatic carbocycles. The molecule has 0 radical (unpaired) electrons. The molecule has 0 spiro atoms. The van der Waals surface area contributed by atoms with Crippen molar-refractivity contribution >= 4 is 11.6 Å². The van der Waals surface area contributed by atoms with E-state index >= 15 is 0 Å². The van der Waals surface area contributed by atoms with Crippen molar-refractivity contribution in [3.8, 4) is 11.1 Å². The van der Waals surface area contributed by atoms with E-state index in [1.54, 1.807) is 12.4 Å². The lowest BCUT2D eigenvalue weighted by Crippen LogP contribution is -2.52. The molecule has 142 valence electrons. The van der Waals surface area contributed by atoms with E-state index in [0.29, 0.717) is 5.69 Å². The van der Waals surface area contributed by atoms with Crippen molar-refractivity contribution in [3.63, 3.8) is 0 Å². The van der Waals surface area contributed by atoms with Crippen LogP contribution in [-0.2, 0) is 0 Å². The van der Waals surface area contributed by atoms with Gasteiger partial charge >= 0.3 is 0 Å². The number of pyridine rings is 1. The fraction of sp³-hybridized carbons (Fsp3) is 0.455. The van der Waals surface area contributed by atoms with Crippen molar-refractivity contribution in [1.82, 2.24) is 14.8 Å². The molecule has 0 unspecified atom stereocenters. The third-order valence-corrected chi connectivity index (χ3v) is 5.96. The molecule has 1 saturated carbocycles. The van der Waals surface area contributed by atoms with Crippen LogP contribution in [0.25, 0.3) is 11.1 Å². The first-order chi connectivity index (χ1) is 13.2. The van der Waals surface area contributed by atoms with Crippen LogP contribution < -0.4 is 5.73 Å². The zero-order valence-corrected chi connectivity index (χ0v) is 15.8. The highest BCUT2D eigenvalue weighted by atomic mass is 16.2. The lowest BCUT2D eigenvalue weighted by Gasteiger charge is -2.40. The average molecular weight is 364 g/mol. The third kappa shape index (κ3) is 3.98. The van der Waals surface area contributed by atoms with Gasteiger partial charge in [-0.2, -0.15) is 0 Å². The first-order valence-electron chi connectivity index (χ1n) is 10.1. The monoisotopic (exact) mass is 364 g/mol. The van der Waals surface area contributed by atoms with E-state index in [4.69, 9.17) is 5.73 Å². The normalized spacial score (nSPS) is 19.2. The molecule has 0 atom stereocenters. The Labute approximate surface area is 161 Å². The number of nitrogens with zero attached hydrogens (tertiary/aromatic N) is 3. The summed E-state index contributed by atoms with van der Waals surface area (Å²) in [6, 6.07) is 10.4. The Kier molecular flexibility index (Phi) is 5.39. The molecule has 1 aromatic heterocycles. The number of benzene rings is 1. The van der Waals surface area contributed by atoms with Crippen molar-refractivity contribution < 1.29 is 4.79 Å². The highest BCUT2D eigenvalue weighted by Crippen LogP contribution is 2.27. The number of nitrogen functional groups attached to an aromatic ring is 1. The smallest absolute Gasteiger partial charge is 0.253 e. The summed E-state index contributed by atoms with van der Waals surface area (Å²) in [7, 11) is 0. The van der Waals surface area contributed by atoms with E-state index in [1.165, 1.54) is 32.1 Å². The number of rotatable bonds is 3. The Hall–Kier alpha value is -2.40. The molecule has 1 amide bonds. The molecule has 2 aromatic rings. The van der Waals surface area contributed by atoms with Gasteiger partial charge in [-0.05, 0) is 36.6 Å². The summed E-state index contributed by atoms with van der Waals surface area (Å²) >= 11 is 0. The van der Waals surface area contributed by atoms with E-state index in [2.05, 4.69) is 9.88 Å². The van der Waals surface area contributed by atoms with Crippen LogP contribution in [0.5, 0.6) is 0 Å². The molecule has 5 nitrogen and oxygen atoms in total. The summed E-state index contributed by atoms with van der Waals surface area (Å²) in [6.07, 6.45) is 10.1. The Morgan fingerprint density at radius 3 is 2.56 bits per heavy atom. The summed E-state index contributed by atoms with van der Waals surface area (Å²) in [5.41, 5.74) is 9.28. The highest BCUT2D eigenvalue weighted by molar-refractivity contribution is 5.96. The zero-order chi connectivity index (χ0) is 18.6. The van der Waals surface area contributed by atoms with Crippen molar-refractivity contribution in [2.75, 3.05) is 31.9 Å². The maximum atomic E-state index is 13.0. The minimum atomic E-state index is 0.118. The molecule has 2 N–H and O–H groups in total. The van der Waals surface area contributed by atoms with Crippen molar-refractivity contribution in [3.05, 3.63) is 48.3 Å². The number of nitrogens with two attached hydrogens (primary N) is 1. The number of anilines is 1. The largest absolute Gasteiger partial charge is 0.397 e. The molecular weight excluding hydrogens is 336 g/mol. The van der Waals surface area contributed by atoms with Crippen molar-refractivity contribution in [2.24, 2.45) is 0 Å². The maximum Gasteiger partial charge on any atom is 0.253 e. The number of hydrogen-bond acceptors (Lipinski definition) is 4. The molecule has 2 heterocycles. The lowest BCUT2D eigenvalue weighted by molar-refractivity contribution is 0.0523. The number of aromatic nitrogens is 1. The van der Waals surface area contributed by atoms with Crippen LogP contribution >= 0.6 is 0 Å². The van der Waals surface area contributed by atoms with Crippen LogP contribution in [0.2, 0.25) is 0 Å². The number of carbonyl (C=O) groups excluding carboxylic acids is 1. The molecule has 1 aromatic carbocycles. The number of carbonyl (C=O) groups is 1. The summed E-state index contributed by atoms with van der Waals surface area (Å²) < 4.78 is 0. The van der Waals surface area contributed by atoms with Gasteiger partial charge in [0.1, 0.15) is 0 Å². The van der Waals surface area contributed by atoms with Crippen molar-refractivity contribution in [2.45, 2.75) is 38.1 Å². The second kappa shape index (κ2) is 8.09. The van der Waals surface area contributed by atoms with Crippen LogP contribution in [-0.4, -0.2) is 52.9 Å². The summed E-state index contributed by atoms with van der Waals surface area (Å²) in [5, 5.41) is 0. The molecule has 0 bridgehead atoms. The van der Waals surface area contributed by atoms with E-state index in [0.717, 1.165) is 48.9 Å². The summed E-state index contributed by atoms with van der Waals surface area (Å²) in [4.78, 5) is 21.6. The van der Waals surface area contributed by atoms with Crippen LogP contribution in [0.4, 0.5) is 5.69 Å².